The molecule has 1 aromatic carbocycles. The summed E-state index contributed by atoms with van der Waals surface area (Å²) in [5.41, 5.74) is -0.142. The number of aromatic nitrogens is 2. The monoisotopic (exact) mass is 357 g/mol. The van der Waals surface area contributed by atoms with Crippen molar-refractivity contribution < 1.29 is 12.8 Å². The molecule has 0 amide bonds. The largest absolute Gasteiger partial charge is 0.324 e. The lowest BCUT2D eigenvalue weighted by Crippen LogP contribution is -2.15. The van der Waals surface area contributed by atoms with Crippen molar-refractivity contribution in [2.75, 3.05) is 4.72 Å². The number of halogens is 4. The maximum absolute atomic E-state index is 13.0. The molecule has 1 heterocycles. The third kappa shape index (κ3) is 2.85. The molecule has 0 saturated heterocycles. The van der Waals surface area contributed by atoms with Crippen LogP contribution in [0.3, 0.4) is 0 Å². The topological polar surface area (TPSA) is 64.0 Å². The van der Waals surface area contributed by atoms with Crippen molar-refractivity contribution in [3.05, 3.63) is 39.5 Å². The molecular weight excluding hydrogens is 352 g/mol. The molecule has 20 heavy (non-hydrogen) atoms. The van der Waals surface area contributed by atoms with E-state index < -0.39 is 15.8 Å². The van der Waals surface area contributed by atoms with Crippen molar-refractivity contribution in [2.45, 2.75) is 5.03 Å². The van der Waals surface area contributed by atoms with Gasteiger partial charge in [-0.1, -0.05) is 34.8 Å². The van der Waals surface area contributed by atoms with E-state index in [1.807, 2.05) is 0 Å². The third-order valence-electron chi connectivity index (χ3n) is 2.33. The molecule has 2 rings (SSSR count). The number of nitrogens with zero attached hydrogens (tertiary/aromatic N) is 2. The molecule has 0 aliphatic rings. The van der Waals surface area contributed by atoms with Gasteiger partial charge in [-0.3, -0.25) is 4.72 Å². The summed E-state index contributed by atoms with van der Waals surface area (Å²) in [6, 6.07) is 1.87. The van der Waals surface area contributed by atoms with E-state index in [1.54, 1.807) is 0 Å². The number of anilines is 1. The molecule has 0 saturated carbocycles. The van der Waals surface area contributed by atoms with E-state index in [0.717, 1.165) is 12.1 Å². The highest BCUT2D eigenvalue weighted by Gasteiger charge is 2.24. The van der Waals surface area contributed by atoms with Crippen LogP contribution in [-0.2, 0) is 17.1 Å². The Hall–Kier alpha value is -1.02. The summed E-state index contributed by atoms with van der Waals surface area (Å²) in [6.45, 7) is 0. The van der Waals surface area contributed by atoms with E-state index in [9.17, 15) is 12.8 Å². The number of nitrogens with one attached hydrogen (secondary N) is 1. The first-order valence-electron chi connectivity index (χ1n) is 5.06. The van der Waals surface area contributed by atoms with E-state index in [4.69, 9.17) is 34.8 Å². The molecule has 5 nitrogen and oxygen atoms in total. The lowest BCUT2D eigenvalue weighted by Gasteiger charge is -2.10. The number of hydrogen-bond donors (Lipinski definition) is 1. The minimum Gasteiger partial charge on any atom is -0.324 e. The van der Waals surface area contributed by atoms with Crippen LogP contribution in [0.15, 0.2) is 23.5 Å². The van der Waals surface area contributed by atoms with Gasteiger partial charge in [0.25, 0.3) is 10.0 Å². The third-order valence-corrected chi connectivity index (χ3v) is 4.77. The fourth-order valence-electron chi connectivity index (χ4n) is 1.40. The molecule has 0 atom stereocenters. The Morgan fingerprint density at radius 2 is 1.80 bits per heavy atom. The molecule has 1 aromatic heterocycles. The second-order valence-corrected chi connectivity index (χ2v) is 6.57. The van der Waals surface area contributed by atoms with Crippen molar-refractivity contribution in [1.29, 1.82) is 0 Å². The number of rotatable bonds is 3. The SMILES string of the molecule is Cn1cnc(S(=O)(=O)Nc2c(Cl)cc(F)cc2Cl)c1Cl. The van der Waals surface area contributed by atoms with E-state index in [2.05, 4.69) is 9.71 Å². The second kappa shape index (κ2) is 5.40. The van der Waals surface area contributed by atoms with Crippen molar-refractivity contribution in [2.24, 2.45) is 7.05 Å². The van der Waals surface area contributed by atoms with Crippen LogP contribution in [0.5, 0.6) is 0 Å². The van der Waals surface area contributed by atoms with Crippen LogP contribution < -0.4 is 4.72 Å². The van der Waals surface area contributed by atoms with Gasteiger partial charge in [0.05, 0.1) is 22.1 Å². The molecule has 0 aliphatic carbocycles. The molecule has 0 spiro atoms. The first kappa shape index (κ1) is 15.4. The van der Waals surface area contributed by atoms with Gasteiger partial charge in [0.2, 0.25) is 5.03 Å². The zero-order valence-electron chi connectivity index (χ0n) is 9.86. The Kier molecular flexibility index (Phi) is 4.15. The number of sulfonamides is 1. The Morgan fingerprint density at radius 1 is 1.25 bits per heavy atom. The van der Waals surface area contributed by atoms with Crippen LogP contribution in [0, 0.1) is 5.82 Å². The van der Waals surface area contributed by atoms with Crippen molar-refractivity contribution in [3.63, 3.8) is 0 Å². The molecule has 1 N–H and O–H groups in total. The van der Waals surface area contributed by atoms with E-state index >= 15 is 0 Å². The Labute approximate surface area is 129 Å². The fraction of sp³-hybridized carbons (Fsp3) is 0.100. The minimum atomic E-state index is -4.09. The van der Waals surface area contributed by atoms with Crippen molar-refractivity contribution in [3.8, 4) is 0 Å². The highest BCUT2D eigenvalue weighted by Crippen LogP contribution is 2.33. The minimum absolute atomic E-state index is 0.0770. The Bertz CT molecular complexity index is 753. The van der Waals surface area contributed by atoms with Gasteiger partial charge in [-0.15, -0.1) is 0 Å². The molecular formula is C10H7Cl3FN3O2S. The standard InChI is InChI=1S/C10H7Cl3FN3O2S/c1-17-4-15-10(9(17)13)20(18,19)16-8-6(11)2-5(14)3-7(8)12/h2-4,16H,1H3. The maximum atomic E-state index is 13.0. The second-order valence-electron chi connectivity index (χ2n) is 3.80. The molecule has 0 radical (unpaired) electrons. The zero-order chi connectivity index (χ0) is 15.1. The normalized spacial score (nSPS) is 11.7. The van der Waals surface area contributed by atoms with Crippen LogP contribution in [0.1, 0.15) is 0 Å². The highest BCUT2D eigenvalue weighted by molar-refractivity contribution is 7.92. The predicted octanol–water partition coefficient (Wildman–Crippen LogP) is 3.32. The summed E-state index contributed by atoms with van der Waals surface area (Å²) in [7, 11) is -2.55. The summed E-state index contributed by atoms with van der Waals surface area (Å²) in [4.78, 5) is 3.68. The average Bonchev–Trinajstić information content (AvgIpc) is 2.65. The van der Waals surface area contributed by atoms with Crippen LogP contribution in [-0.4, -0.2) is 18.0 Å². The summed E-state index contributed by atoms with van der Waals surface area (Å²) in [6.07, 6.45) is 1.24. The van der Waals surface area contributed by atoms with Gasteiger partial charge < -0.3 is 4.57 Å². The predicted molar refractivity (Wildman–Crippen MR) is 75.4 cm³/mol. The van der Waals surface area contributed by atoms with Gasteiger partial charge in [-0.2, -0.15) is 8.42 Å². The van der Waals surface area contributed by atoms with Crippen LogP contribution in [0.25, 0.3) is 0 Å². The quantitative estimate of drug-likeness (QED) is 0.915. The van der Waals surface area contributed by atoms with Crippen molar-refractivity contribution >= 4 is 50.5 Å². The molecule has 0 aliphatic heterocycles. The molecule has 10 heteroatoms. The summed E-state index contributed by atoms with van der Waals surface area (Å²) in [5, 5.41) is -0.804. The number of benzene rings is 1. The molecule has 0 unspecified atom stereocenters. The van der Waals surface area contributed by atoms with Gasteiger partial charge in [0, 0.05) is 7.05 Å². The Balaban J connectivity index is 2.47. The zero-order valence-corrected chi connectivity index (χ0v) is 12.9. The molecule has 0 fully saturated rings. The van der Waals surface area contributed by atoms with Crippen LogP contribution in [0.4, 0.5) is 10.1 Å². The number of aryl methyl sites for hydroxylation is 1. The summed E-state index contributed by atoms with van der Waals surface area (Å²) >= 11 is 17.3. The first-order chi connectivity index (χ1) is 9.22. The van der Waals surface area contributed by atoms with Gasteiger partial charge in [0.15, 0.2) is 0 Å². The first-order valence-corrected chi connectivity index (χ1v) is 7.68. The van der Waals surface area contributed by atoms with Gasteiger partial charge in [-0.25, -0.2) is 9.37 Å². The maximum Gasteiger partial charge on any atom is 0.282 e. The fourth-order valence-corrected chi connectivity index (χ4v) is 3.60. The number of imidazole rings is 1. The van der Waals surface area contributed by atoms with Gasteiger partial charge in [0.1, 0.15) is 11.0 Å². The smallest absolute Gasteiger partial charge is 0.282 e. The average molecular weight is 359 g/mol. The van der Waals surface area contributed by atoms with E-state index in [0.29, 0.717) is 0 Å². The summed E-state index contributed by atoms with van der Waals surface area (Å²) < 4.78 is 40.8. The number of hydrogen-bond acceptors (Lipinski definition) is 3. The highest BCUT2D eigenvalue weighted by atomic mass is 35.5. The van der Waals surface area contributed by atoms with Gasteiger partial charge in [-0.05, 0) is 12.1 Å². The van der Waals surface area contributed by atoms with Crippen LogP contribution in [0.2, 0.25) is 15.2 Å². The molecule has 2 aromatic rings. The molecule has 108 valence electrons. The lowest BCUT2D eigenvalue weighted by atomic mass is 10.3. The molecule has 0 bridgehead atoms. The lowest BCUT2D eigenvalue weighted by molar-refractivity contribution is 0.598. The van der Waals surface area contributed by atoms with Gasteiger partial charge >= 0.3 is 0 Å². The summed E-state index contributed by atoms with van der Waals surface area (Å²) in [5.74, 6) is -0.682. The Morgan fingerprint density at radius 3 is 2.25 bits per heavy atom. The van der Waals surface area contributed by atoms with E-state index in [-0.39, 0.29) is 25.9 Å². The van der Waals surface area contributed by atoms with Crippen LogP contribution >= 0.6 is 34.8 Å². The van der Waals surface area contributed by atoms with Crippen molar-refractivity contribution in [1.82, 2.24) is 9.55 Å². The van der Waals surface area contributed by atoms with E-state index in [1.165, 1.54) is 17.9 Å².